The van der Waals surface area contributed by atoms with Crippen LogP contribution < -0.4 is 5.43 Å². The van der Waals surface area contributed by atoms with Crippen molar-refractivity contribution in [2.45, 2.75) is 0 Å². The molecule has 2 N–H and O–H groups in total. The van der Waals surface area contributed by atoms with E-state index in [1.54, 1.807) is 41.6 Å². The van der Waals surface area contributed by atoms with Crippen LogP contribution in [-0.2, 0) is 0 Å². The summed E-state index contributed by atoms with van der Waals surface area (Å²) in [7, 11) is 0. The van der Waals surface area contributed by atoms with Gasteiger partial charge in [-0.3, -0.25) is 9.78 Å². The van der Waals surface area contributed by atoms with Crippen molar-refractivity contribution in [1.29, 1.82) is 0 Å². The van der Waals surface area contributed by atoms with Crippen LogP contribution in [0.15, 0.2) is 84.5 Å². The predicted molar refractivity (Wildman–Crippen MR) is 103 cm³/mol. The number of nitrogens with one attached hydrogen (secondary N) is 2. The third-order valence-corrected chi connectivity index (χ3v) is 3.91. The summed E-state index contributed by atoms with van der Waals surface area (Å²) in [5, 5.41) is 8.74. The number of para-hydroxylation sites is 1. The summed E-state index contributed by atoms with van der Waals surface area (Å²) in [4.78, 5) is 19.0. The van der Waals surface area contributed by atoms with Gasteiger partial charge in [-0.15, -0.1) is 0 Å². The van der Waals surface area contributed by atoms with E-state index >= 15 is 0 Å². The van der Waals surface area contributed by atoms with Crippen molar-refractivity contribution in [3.8, 4) is 16.9 Å². The molecule has 4 rings (SSSR count). The molecule has 0 atom stereocenters. The number of H-pyrrole nitrogens is 1. The zero-order valence-corrected chi connectivity index (χ0v) is 14.3. The first-order valence-corrected chi connectivity index (χ1v) is 8.33. The van der Waals surface area contributed by atoms with Gasteiger partial charge in [0, 0.05) is 35.9 Å². The molecule has 3 aromatic heterocycles. The largest absolute Gasteiger partial charge is 0.357 e. The summed E-state index contributed by atoms with van der Waals surface area (Å²) in [5.41, 5.74) is 6.23. The fourth-order valence-electron chi connectivity index (χ4n) is 2.61. The zero-order chi connectivity index (χ0) is 18.5. The van der Waals surface area contributed by atoms with Gasteiger partial charge in [0.15, 0.2) is 0 Å². The van der Waals surface area contributed by atoms with Crippen molar-refractivity contribution in [1.82, 2.24) is 25.2 Å². The highest BCUT2D eigenvalue weighted by Gasteiger charge is 2.11. The first-order valence-electron chi connectivity index (χ1n) is 8.33. The number of pyridine rings is 1. The number of benzene rings is 1. The van der Waals surface area contributed by atoms with Crippen molar-refractivity contribution in [3.63, 3.8) is 0 Å². The fraction of sp³-hybridized carbons (Fsp3) is 0. The smallest absolute Gasteiger partial charge is 0.287 e. The maximum Gasteiger partial charge on any atom is 0.287 e. The molecule has 132 valence electrons. The molecular formula is C20H16N6O. The Balaban J connectivity index is 1.65. The zero-order valence-electron chi connectivity index (χ0n) is 14.3. The van der Waals surface area contributed by atoms with Gasteiger partial charge in [0.05, 0.1) is 11.9 Å². The minimum Gasteiger partial charge on any atom is -0.357 e. The lowest BCUT2D eigenvalue weighted by Gasteiger charge is -1.99. The molecule has 7 nitrogen and oxygen atoms in total. The van der Waals surface area contributed by atoms with Crippen molar-refractivity contribution in [2.24, 2.45) is 5.10 Å². The highest BCUT2D eigenvalue weighted by Crippen LogP contribution is 2.21. The van der Waals surface area contributed by atoms with Gasteiger partial charge in [-0.1, -0.05) is 18.2 Å². The number of hydrazone groups is 1. The van der Waals surface area contributed by atoms with E-state index in [1.807, 2.05) is 48.7 Å². The van der Waals surface area contributed by atoms with Gasteiger partial charge in [0.1, 0.15) is 11.4 Å². The van der Waals surface area contributed by atoms with E-state index in [0.717, 1.165) is 22.5 Å². The van der Waals surface area contributed by atoms with Gasteiger partial charge in [-0.25, -0.2) is 10.1 Å². The highest BCUT2D eigenvalue weighted by atomic mass is 16.2. The maximum atomic E-state index is 12.0. The second-order valence-corrected chi connectivity index (χ2v) is 5.74. The fourth-order valence-corrected chi connectivity index (χ4v) is 2.61. The number of carbonyl (C=O) groups excluding carboxylic acids is 1. The Morgan fingerprint density at radius 3 is 2.74 bits per heavy atom. The highest BCUT2D eigenvalue weighted by molar-refractivity contribution is 5.94. The minimum absolute atomic E-state index is 0.311. The molecule has 1 aromatic carbocycles. The van der Waals surface area contributed by atoms with Gasteiger partial charge in [0.25, 0.3) is 5.91 Å². The van der Waals surface area contributed by atoms with Crippen LogP contribution in [0.2, 0.25) is 0 Å². The molecule has 0 aliphatic heterocycles. The normalized spacial score (nSPS) is 11.0. The number of hydrogen-bond acceptors (Lipinski definition) is 4. The van der Waals surface area contributed by atoms with Gasteiger partial charge < -0.3 is 4.98 Å². The molecule has 0 spiro atoms. The standard InChI is InChI=1S/C20H16N6O/c27-20(18-9-5-11-22-18)24-23-13-16-14-26(17-7-2-1-3-8-17)25-19(16)15-6-4-10-21-12-15/h1-14,22H,(H,24,27)/b23-13-. The third kappa shape index (κ3) is 3.67. The molecular weight excluding hydrogens is 340 g/mol. The number of amides is 1. The van der Waals surface area contributed by atoms with Crippen LogP contribution in [0.4, 0.5) is 0 Å². The predicted octanol–water partition coefficient (Wildman–Crippen LogP) is 3.03. The topological polar surface area (TPSA) is 88.0 Å². The Labute approximate surface area is 155 Å². The van der Waals surface area contributed by atoms with Gasteiger partial charge in [-0.05, 0) is 36.4 Å². The van der Waals surface area contributed by atoms with Crippen molar-refractivity contribution in [2.75, 3.05) is 0 Å². The summed E-state index contributed by atoms with van der Waals surface area (Å²) in [6, 6.07) is 17.0. The minimum atomic E-state index is -0.311. The summed E-state index contributed by atoms with van der Waals surface area (Å²) in [6.07, 6.45) is 8.58. The molecule has 0 aliphatic carbocycles. The molecule has 0 bridgehead atoms. The molecule has 0 fully saturated rings. The van der Waals surface area contributed by atoms with Crippen LogP contribution >= 0.6 is 0 Å². The molecule has 3 heterocycles. The summed E-state index contributed by atoms with van der Waals surface area (Å²) >= 11 is 0. The van der Waals surface area contributed by atoms with Crippen molar-refractivity contribution in [3.05, 3.63) is 90.6 Å². The van der Waals surface area contributed by atoms with E-state index in [0.29, 0.717) is 5.69 Å². The average molecular weight is 356 g/mol. The molecule has 0 saturated heterocycles. The van der Waals surface area contributed by atoms with Crippen molar-refractivity contribution >= 4 is 12.1 Å². The number of hydrogen-bond donors (Lipinski definition) is 2. The molecule has 27 heavy (non-hydrogen) atoms. The number of rotatable bonds is 5. The molecule has 0 radical (unpaired) electrons. The summed E-state index contributed by atoms with van der Waals surface area (Å²) in [6.45, 7) is 0. The lowest BCUT2D eigenvalue weighted by molar-refractivity contribution is 0.0951. The SMILES string of the molecule is O=C(N/N=C\c1cn(-c2ccccc2)nc1-c1cccnc1)c1ccc[nH]1. The van der Waals surface area contributed by atoms with Crippen LogP contribution in [0.25, 0.3) is 16.9 Å². The van der Waals surface area contributed by atoms with Crippen molar-refractivity contribution < 1.29 is 4.79 Å². The Kier molecular flexibility index (Phi) is 4.57. The Hall–Kier alpha value is -4.00. The van der Waals surface area contributed by atoms with E-state index < -0.39 is 0 Å². The van der Waals surface area contributed by atoms with E-state index in [4.69, 9.17) is 0 Å². The molecule has 4 aromatic rings. The Bertz CT molecular complexity index is 1050. The lowest BCUT2D eigenvalue weighted by atomic mass is 10.1. The van der Waals surface area contributed by atoms with Gasteiger partial charge in [0.2, 0.25) is 0 Å². The Morgan fingerprint density at radius 1 is 1.11 bits per heavy atom. The second kappa shape index (κ2) is 7.49. The van der Waals surface area contributed by atoms with E-state index in [1.165, 1.54) is 0 Å². The van der Waals surface area contributed by atoms with E-state index in [-0.39, 0.29) is 5.91 Å². The molecule has 7 heteroatoms. The third-order valence-electron chi connectivity index (χ3n) is 3.91. The van der Waals surface area contributed by atoms with Crippen LogP contribution in [-0.4, -0.2) is 31.9 Å². The monoisotopic (exact) mass is 356 g/mol. The van der Waals surface area contributed by atoms with Crippen LogP contribution in [0.5, 0.6) is 0 Å². The van der Waals surface area contributed by atoms with E-state index in [9.17, 15) is 4.79 Å². The van der Waals surface area contributed by atoms with Gasteiger partial charge in [-0.2, -0.15) is 10.2 Å². The van der Waals surface area contributed by atoms with Crippen LogP contribution in [0.3, 0.4) is 0 Å². The lowest BCUT2D eigenvalue weighted by Crippen LogP contribution is -2.17. The number of nitrogens with zero attached hydrogens (tertiary/aromatic N) is 4. The van der Waals surface area contributed by atoms with Gasteiger partial charge >= 0.3 is 0 Å². The quantitative estimate of drug-likeness (QED) is 0.426. The number of aromatic nitrogens is 4. The Morgan fingerprint density at radius 2 is 2.00 bits per heavy atom. The number of carbonyl (C=O) groups is 1. The molecule has 0 saturated carbocycles. The maximum absolute atomic E-state index is 12.0. The van der Waals surface area contributed by atoms with E-state index in [2.05, 4.69) is 25.6 Å². The second-order valence-electron chi connectivity index (χ2n) is 5.74. The van der Waals surface area contributed by atoms with Crippen LogP contribution in [0, 0.1) is 0 Å². The molecule has 1 amide bonds. The summed E-state index contributed by atoms with van der Waals surface area (Å²) < 4.78 is 1.77. The first-order chi connectivity index (χ1) is 13.3. The van der Waals surface area contributed by atoms with Crippen LogP contribution in [0.1, 0.15) is 16.1 Å². The number of aromatic amines is 1. The molecule has 0 unspecified atom stereocenters. The summed E-state index contributed by atoms with van der Waals surface area (Å²) in [5.74, 6) is -0.311. The molecule has 0 aliphatic rings. The first kappa shape index (κ1) is 16.5. The average Bonchev–Trinajstić information content (AvgIpc) is 3.40.